The lowest BCUT2D eigenvalue weighted by Crippen LogP contribution is -1.96. The molecule has 0 aromatic heterocycles. The minimum absolute atomic E-state index is 0.275. The molecule has 14 heavy (non-hydrogen) atoms. The first-order chi connectivity index (χ1) is 6.90. The summed E-state index contributed by atoms with van der Waals surface area (Å²) in [6.45, 7) is 1.26. The maximum Gasteiger partial charge on any atom is 0.184 e. The van der Waals surface area contributed by atoms with E-state index in [1.807, 2.05) is 24.3 Å². The molecule has 1 aromatic rings. The molecule has 1 aliphatic heterocycles. The summed E-state index contributed by atoms with van der Waals surface area (Å²) in [7, 11) is 0. The summed E-state index contributed by atoms with van der Waals surface area (Å²) in [6, 6.07) is 7.44. The van der Waals surface area contributed by atoms with Crippen LogP contribution in [0.1, 0.15) is 11.9 Å². The van der Waals surface area contributed by atoms with Gasteiger partial charge >= 0.3 is 0 Å². The summed E-state index contributed by atoms with van der Waals surface area (Å²) in [6.07, 6.45) is -0.275. The van der Waals surface area contributed by atoms with Crippen molar-refractivity contribution in [1.29, 1.82) is 0 Å². The van der Waals surface area contributed by atoms with Gasteiger partial charge in [0.15, 0.2) is 6.29 Å². The van der Waals surface area contributed by atoms with Gasteiger partial charge in [0.2, 0.25) is 0 Å². The lowest BCUT2D eigenvalue weighted by molar-refractivity contribution is -0.0440. The van der Waals surface area contributed by atoms with Crippen LogP contribution in [0.2, 0.25) is 0 Å². The molecule has 74 valence electrons. The molecule has 0 radical (unpaired) electrons. The fourth-order valence-electron chi connectivity index (χ4n) is 1.35. The molecule has 0 aliphatic carbocycles. The summed E-state index contributed by atoms with van der Waals surface area (Å²) < 4.78 is 10.7. The van der Waals surface area contributed by atoms with Gasteiger partial charge < -0.3 is 15.3 Å². The number of hydrogen-bond donors (Lipinski definition) is 1. The van der Waals surface area contributed by atoms with Crippen molar-refractivity contribution in [2.45, 2.75) is 6.29 Å². The molecule has 2 N–H and O–H groups in total. The highest BCUT2D eigenvalue weighted by Crippen LogP contribution is 2.26. The zero-order valence-electron chi connectivity index (χ0n) is 7.59. The van der Waals surface area contributed by atoms with Crippen LogP contribution in [0.15, 0.2) is 34.6 Å². The molecular formula is C9H11N3O2. The van der Waals surface area contributed by atoms with Crippen molar-refractivity contribution in [2.24, 2.45) is 16.2 Å². The summed E-state index contributed by atoms with van der Waals surface area (Å²) in [5, 5.41) is 6.95. The van der Waals surface area contributed by atoms with Gasteiger partial charge in [-0.25, -0.2) is 0 Å². The first kappa shape index (κ1) is 9.11. The number of nitrogens with zero attached hydrogens (tertiary/aromatic N) is 2. The monoisotopic (exact) mass is 193 g/mol. The van der Waals surface area contributed by atoms with Gasteiger partial charge in [0.1, 0.15) is 0 Å². The molecule has 0 amide bonds. The molecule has 5 heteroatoms. The quantitative estimate of drug-likeness (QED) is 0.441. The second kappa shape index (κ2) is 4.17. The maximum absolute atomic E-state index is 5.35. The number of nitrogens with two attached hydrogens (primary N) is 1. The third-order valence-corrected chi connectivity index (χ3v) is 1.94. The van der Waals surface area contributed by atoms with Gasteiger partial charge in [0, 0.05) is 5.56 Å². The topological polar surface area (TPSA) is 69.2 Å². The molecule has 5 nitrogen and oxygen atoms in total. The fraction of sp³-hybridized carbons (Fsp3) is 0.333. The van der Waals surface area contributed by atoms with E-state index in [2.05, 4.69) is 10.3 Å². The van der Waals surface area contributed by atoms with Gasteiger partial charge in [-0.3, -0.25) is 0 Å². The molecule has 0 saturated carbocycles. The van der Waals surface area contributed by atoms with E-state index in [-0.39, 0.29) is 6.29 Å². The Labute approximate surface area is 81.5 Å². The van der Waals surface area contributed by atoms with Crippen molar-refractivity contribution in [3.63, 3.8) is 0 Å². The van der Waals surface area contributed by atoms with Crippen molar-refractivity contribution in [1.82, 2.24) is 0 Å². The summed E-state index contributed by atoms with van der Waals surface area (Å²) in [5.41, 5.74) is 1.64. The number of hydrogen-bond acceptors (Lipinski definition) is 4. The van der Waals surface area contributed by atoms with Crippen LogP contribution in [0.5, 0.6) is 0 Å². The van der Waals surface area contributed by atoms with Gasteiger partial charge in [0.25, 0.3) is 0 Å². The Balaban J connectivity index is 2.20. The fourth-order valence-corrected chi connectivity index (χ4v) is 1.35. The second-order valence-corrected chi connectivity index (χ2v) is 2.88. The van der Waals surface area contributed by atoms with Crippen LogP contribution in [0.4, 0.5) is 5.69 Å². The van der Waals surface area contributed by atoms with Crippen LogP contribution in [-0.4, -0.2) is 13.2 Å². The van der Waals surface area contributed by atoms with E-state index in [0.29, 0.717) is 18.9 Å². The number of rotatable bonds is 2. The van der Waals surface area contributed by atoms with Crippen LogP contribution in [0.3, 0.4) is 0 Å². The Kier molecular flexibility index (Phi) is 2.71. The van der Waals surface area contributed by atoms with Crippen LogP contribution < -0.4 is 5.84 Å². The Morgan fingerprint density at radius 1 is 1.29 bits per heavy atom. The molecule has 0 atom stereocenters. The third-order valence-electron chi connectivity index (χ3n) is 1.94. The van der Waals surface area contributed by atoms with Gasteiger partial charge in [0.05, 0.1) is 18.9 Å². The highest BCUT2D eigenvalue weighted by molar-refractivity contribution is 5.39. The van der Waals surface area contributed by atoms with Gasteiger partial charge in [-0.1, -0.05) is 17.4 Å². The lowest BCUT2D eigenvalue weighted by Gasteiger charge is -2.08. The highest BCUT2D eigenvalue weighted by Gasteiger charge is 2.17. The molecule has 0 bridgehead atoms. The number of ether oxygens (including phenoxy) is 2. The molecule has 0 unspecified atom stereocenters. The standard InChI is InChI=1S/C9H11N3O2/c10-12-11-8-3-1-2-7(6-8)9-13-4-5-14-9/h1-3,6,9H,4-5H2,(H2,10,11). The average Bonchev–Trinajstić information content (AvgIpc) is 2.71. The van der Waals surface area contributed by atoms with Crippen molar-refractivity contribution in [3.05, 3.63) is 29.8 Å². The van der Waals surface area contributed by atoms with Gasteiger partial charge in [-0.2, -0.15) is 0 Å². The zero-order valence-corrected chi connectivity index (χ0v) is 7.59. The molecule has 2 rings (SSSR count). The van der Waals surface area contributed by atoms with E-state index >= 15 is 0 Å². The minimum Gasteiger partial charge on any atom is -0.346 e. The predicted molar refractivity (Wildman–Crippen MR) is 49.8 cm³/mol. The van der Waals surface area contributed by atoms with Crippen molar-refractivity contribution < 1.29 is 9.47 Å². The summed E-state index contributed by atoms with van der Waals surface area (Å²) >= 11 is 0. The zero-order chi connectivity index (χ0) is 9.80. The molecule has 1 heterocycles. The average molecular weight is 193 g/mol. The SMILES string of the molecule is NN=Nc1cccc(C2OCCO2)c1. The Bertz CT molecular complexity index is 335. The normalized spacial score (nSPS) is 18.0. The number of benzene rings is 1. The summed E-state index contributed by atoms with van der Waals surface area (Å²) in [4.78, 5) is 0. The van der Waals surface area contributed by atoms with E-state index in [9.17, 15) is 0 Å². The largest absolute Gasteiger partial charge is 0.346 e. The maximum atomic E-state index is 5.35. The summed E-state index contributed by atoms with van der Waals surface area (Å²) in [5.74, 6) is 4.96. The lowest BCUT2D eigenvalue weighted by atomic mass is 10.2. The van der Waals surface area contributed by atoms with E-state index in [1.54, 1.807) is 0 Å². The van der Waals surface area contributed by atoms with Crippen molar-refractivity contribution in [2.75, 3.05) is 13.2 Å². The highest BCUT2D eigenvalue weighted by atomic mass is 16.7. The van der Waals surface area contributed by atoms with E-state index < -0.39 is 0 Å². The molecule has 1 saturated heterocycles. The Morgan fingerprint density at radius 2 is 2.07 bits per heavy atom. The van der Waals surface area contributed by atoms with E-state index in [1.165, 1.54) is 0 Å². The van der Waals surface area contributed by atoms with E-state index in [4.69, 9.17) is 15.3 Å². The van der Waals surface area contributed by atoms with Crippen molar-refractivity contribution >= 4 is 5.69 Å². The van der Waals surface area contributed by atoms with Gasteiger partial charge in [-0.05, 0) is 12.1 Å². The molecule has 1 aromatic carbocycles. The van der Waals surface area contributed by atoms with Gasteiger partial charge in [-0.15, -0.1) is 5.11 Å². The molecular weight excluding hydrogens is 182 g/mol. The second-order valence-electron chi connectivity index (χ2n) is 2.88. The minimum atomic E-state index is -0.275. The first-order valence-electron chi connectivity index (χ1n) is 4.34. The molecule has 0 spiro atoms. The van der Waals surface area contributed by atoms with Crippen LogP contribution >= 0.6 is 0 Å². The van der Waals surface area contributed by atoms with Crippen LogP contribution in [-0.2, 0) is 9.47 Å². The van der Waals surface area contributed by atoms with Crippen LogP contribution in [0, 0.1) is 0 Å². The Hall–Kier alpha value is -1.46. The third kappa shape index (κ3) is 1.89. The predicted octanol–water partition coefficient (Wildman–Crippen LogP) is 1.69. The van der Waals surface area contributed by atoms with E-state index in [0.717, 1.165) is 5.56 Å². The molecule has 1 fully saturated rings. The van der Waals surface area contributed by atoms with Crippen LogP contribution in [0.25, 0.3) is 0 Å². The van der Waals surface area contributed by atoms with Crippen molar-refractivity contribution in [3.8, 4) is 0 Å². The smallest absolute Gasteiger partial charge is 0.184 e. The Morgan fingerprint density at radius 3 is 2.79 bits per heavy atom. The molecule has 1 aliphatic rings. The first-order valence-corrected chi connectivity index (χ1v) is 4.34.